The number of halogens is 1. The predicted molar refractivity (Wildman–Crippen MR) is 129 cm³/mol. The van der Waals surface area contributed by atoms with E-state index in [0.29, 0.717) is 41.4 Å². The highest BCUT2D eigenvalue weighted by molar-refractivity contribution is 5.83. The van der Waals surface area contributed by atoms with Gasteiger partial charge >= 0.3 is 0 Å². The third-order valence-corrected chi connectivity index (χ3v) is 6.26. The Bertz CT molecular complexity index is 1380. The molecule has 0 saturated carbocycles. The van der Waals surface area contributed by atoms with Crippen LogP contribution < -0.4 is 19.9 Å². The molecule has 9 nitrogen and oxygen atoms in total. The van der Waals surface area contributed by atoms with Crippen molar-refractivity contribution in [3.8, 4) is 11.5 Å². The number of aromatic nitrogens is 4. The van der Waals surface area contributed by atoms with E-state index in [-0.39, 0.29) is 29.6 Å². The van der Waals surface area contributed by atoms with Crippen LogP contribution in [0.1, 0.15) is 24.7 Å². The van der Waals surface area contributed by atoms with E-state index in [4.69, 9.17) is 14.2 Å². The lowest BCUT2D eigenvalue weighted by molar-refractivity contribution is 0.0685. The minimum Gasteiger partial charge on any atom is -0.497 e. The lowest BCUT2D eigenvalue weighted by atomic mass is 10.1. The molecule has 5 rings (SSSR count). The van der Waals surface area contributed by atoms with Gasteiger partial charge < -0.3 is 24.1 Å². The molecule has 0 amide bonds. The second kappa shape index (κ2) is 9.75. The van der Waals surface area contributed by atoms with Gasteiger partial charge in [0.15, 0.2) is 11.6 Å². The Hall–Kier alpha value is -3.92. The van der Waals surface area contributed by atoms with Gasteiger partial charge in [-0.15, -0.1) is 0 Å². The summed E-state index contributed by atoms with van der Waals surface area (Å²) in [6.07, 6.45) is 6.45. The summed E-state index contributed by atoms with van der Waals surface area (Å²) in [7, 11) is 2.91. The summed E-state index contributed by atoms with van der Waals surface area (Å²) in [5, 5.41) is 0.455. The van der Waals surface area contributed by atoms with Crippen molar-refractivity contribution in [3.63, 3.8) is 0 Å². The first-order chi connectivity index (χ1) is 17.1. The molecule has 0 spiro atoms. The highest BCUT2D eigenvalue weighted by Gasteiger charge is 2.22. The fourth-order valence-corrected chi connectivity index (χ4v) is 4.39. The molecule has 182 valence electrons. The van der Waals surface area contributed by atoms with Gasteiger partial charge in [0.05, 0.1) is 43.7 Å². The molecule has 10 heteroatoms. The first-order valence-electron chi connectivity index (χ1n) is 11.3. The number of methoxy groups -OCH3 is 2. The molecule has 1 N–H and O–H groups in total. The minimum absolute atomic E-state index is 0.0381. The lowest BCUT2D eigenvalue weighted by Crippen LogP contribution is -2.29. The molecule has 1 aliphatic heterocycles. The summed E-state index contributed by atoms with van der Waals surface area (Å²) in [6, 6.07) is 8.44. The zero-order valence-corrected chi connectivity index (χ0v) is 19.5. The van der Waals surface area contributed by atoms with E-state index in [1.807, 2.05) is 6.07 Å². The third-order valence-electron chi connectivity index (χ3n) is 6.26. The summed E-state index contributed by atoms with van der Waals surface area (Å²) in [5.41, 5.74) is 1.27. The van der Waals surface area contributed by atoms with Crippen LogP contribution in [0.15, 0.2) is 53.8 Å². The van der Waals surface area contributed by atoms with Gasteiger partial charge in [0.25, 0.3) is 5.56 Å². The van der Waals surface area contributed by atoms with Crippen molar-refractivity contribution in [2.45, 2.75) is 25.4 Å². The van der Waals surface area contributed by atoms with Gasteiger partial charge in [-0.25, -0.2) is 14.4 Å². The van der Waals surface area contributed by atoms with Crippen LogP contribution in [0.4, 0.5) is 15.8 Å². The summed E-state index contributed by atoms with van der Waals surface area (Å²) in [4.78, 5) is 27.1. The van der Waals surface area contributed by atoms with Gasteiger partial charge in [0.2, 0.25) is 0 Å². The Balaban J connectivity index is 1.65. The van der Waals surface area contributed by atoms with E-state index in [1.54, 1.807) is 46.4 Å². The van der Waals surface area contributed by atoms with Crippen molar-refractivity contribution in [1.29, 1.82) is 0 Å². The van der Waals surface area contributed by atoms with Crippen LogP contribution in [0, 0.1) is 5.82 Å². The SMILES string of the molecule is COc1cc(OC)c(F)c(N(Cc2ncc[nH]2)c2ccc3ncn(C4CCOCC4)c(=O)c3c2)c1. The topological polar surface area (TPSA) is 94.5 Å². The number of nitrogens with one attached hydrogen (secondary N) is 1. The third kappa shape index (κ3) is 4.44. The predicted octanol–water partition coefficient (Wildman–Crippen LogP) is 3.97. The van der Waals surface area contributed by atoms with Gasteiger partial charge in [-0.2, -0.15) is 0 Å². The van der Waals surface area contributed by atoms with E-state index in [2.05, 4.69) is 15.0 Å². The van der Waals surface area contributed by atoms with Crippen LogP contribution in [0.3, 0.4) is 0 Å². The quantitative estimate of drug-likeness (QED) is 0.429. The molecule has 0 aliphatic carbocycles. The van der Waals surface area contributed by atoms with Crippen molar-refractivity contribution < 1.29 is 18.6 Å². The van der Waals surface area contributed by atoms with Crippen molar-refractivity contribution in [1.82, 2.24) is 19.5 Å². The average molecular weight is 480 g/mol. The normalized spacial score (nSPS) is 14.3. The maximum absolute atomic E-state index is 15.5. The number of fused-ring (bicyclic) bond motifs is 1. The number of rotatable bonds is 7. The Kier molecular flexibility index (Phi) is 6.37. The first kappa shape index (κ1) is 22.9. The van der Waals surface area contributed by atoms with Crippen LogP contribution in [-0.2, 0) is 11.3 Å². The van der Waals surface area contributed by atoms with Crippen LogP contribution >= 0.6 is 0 Å². The number of hydrogen-bond donors (Lipinski definition) is 1. The highest BCUT2D eigenvalue weighted by Crippen LogP contribution is 2.38. The molecular formula is C25H26FN5O4. The number of hydrogen-bond acceptors (Lipinski definition) is 7. The van der Waals surface area contributed by atoms with Crippen molar-refractivity contribution in [3.05, 3.63) is 71.0 Å². The molecule has 1 saturated heterocycles. The van der Waals surface area contributed by atoms with Crippen LogP contribution in [0.5, 0.6) is 11.5 Å². The molecule has 2 aromatic heterocycles. The summed E-state index contributed by atoms with van der Waals surface area (Å²) >= 11 is 0. The first-order valence-corrected chi connectivity index (χ1v) is 11.3. The number of imidazole rings is 1. The molecule has 0 atom stereocenters. The number of anilines is 2. The molecule has 0 unspecified atom stereocenters. The van der Waals surface area contributed by atoms with Gasteiger partial charge in [-0.05, 0) is 31.0 Å². The average Bonchev–Trinajstić information content (AvgIpc) is 3.42. The van der Waals surface area contributed by atoms with E-state index in [9.17, 15) is 4.79 Å². The largest absolute Gasteiger partial charge is 0.497 e. The molecule has 4 aromatic rings. The Morgan fingerprint density at radius 1 is 1.17 bits per heavy atom. The molecule has 35 heavy (non-hydrogen) atoms. The van der Waals surface area contributed by atoms with E-state index >= 15 is 4.39 Å². The van der Waals surface area contributed by atoms with Gasteiger partial charge in [-0.3, -0.25) is 9.36 Å². The highest BCUT2D eigenvalue weighted by atomic mass is 19.1. The fourth-order valence-electron chi connectivity index (χ4n) is 4.39. The second-order valence-corrected chi connectivity index (χ2v) is 8.29. The van der Waals surface area contributed by atoms with E-state index < -0.39 is 5.82 Å². The Morgan fingerprint density at radius 3 is 2.71 bits per heavy atom. The monoisotopic (exact) mass is 479 g/mol. The molecule has 1 fully saturated rings. The summed E-state index contributed by atoms with van der Waals surface area (Å²) in [6.45, 7) is 1.45. The van der Waals surface area contributed by atoms with E-state index in [0.717, 1.165) is 12.8 Å². The number of benzene rings is 2. The Labute approximate surface area is 201 Å². The second-order valence-electron chi connectivity index (χ2n) is 8.29. The molecule has 3 heterocycles. The molecule has 2 aromatic carbocycles. The smallest absolute Gasteiger partial charge is 0.261 e. The molecule has 0 bridgehead atoms. The zero-order valence-electron chi connectivity index (χ0n) is 19.5. The fraction of sp³-hybridized carbons (Fsp3) is 0.320. The summed E-state index contributed by atoms with van der Waals surface area (Å²) in [5.74, 6) is 0.558. The summed E-state index contributed by atoms with van der Waals surface area (Å²) < 4.78 is 33.3. The molecule has 0 radical (unpaired) electrons. The van der Waals surface area contributed by atoms with Crippen LogP contribution in [0.25, 0.3) is 10.9 Å². The zero-order chi connectivity index (χ0) is 24.4. The number of ether oxygens (including phenoxy) is 3. The number of H-pyrrole nitrogens is 1. The van der Waals surface area contributed by atoms with Gasteiger partial charge in [0.1, 0.15) is 11.6 Å². The van der Waals surface area contributed by atoms with Crippen LogP contribution in [-0.4, -0.2) is 47.0 Å². The Morgan fingerprint density at radius 2 is 2.00 bits per heavy atom. The van der Waals surface area contributed by atoms with Crippen molar-refractivity contribution in [2.24, 2.45) is 0 Å². The van der Waals surface area contributed by atoms with Gasteiger partial charge in [0, 0.05) is 49.5 Å². The van der Waals surface area contributed by atoms with Crippen LogP contribution in [0.2, 0.25) is 0 Å². The molecular weight excluding hydrogens is 453 g/mol. The van der Waals surface area contributed by atoms with E-state index in [1.165, 1.54) is 20.3 Å². The van der Waals surface area contributed by atoms with Crippen molar-refractivity contribution >= 4 is 22.3 Å². The standard InChI is InChI=1S/C25H26FN5O4/c1-33-18-12-21(24(26)22(13-18)34-2)30(14-23-27-7-8-28-23)17-3-4-20-19(11-17)25(32)31(15-29-20)16-5-9-35-10-6-16/h3-4,7-8,11-13,15-16H,5-6,9-10,14H2,1-2H3,(H,27,28). The number of nitrogens with zero attached hydrogens (tertiary/aromatic N) is 4. The van der Waals surface area contributed by atoms with Crippen molar-refractivity contribution in [2.75, 3.05) is 32.3 Å². The maximum atomic E-state index is 15.5. The lowest BCUT2D eigenvalue weighted by Gasteiger charge is -2.26. The minimum atomic E-state index is -0.550. The number of aromatic amines is 1. The molecule has 1 aliphatic rings. The maximum Gasteiger partial charge on any atom is 0.261 e. The van der Waals surface area contributed by atoms with Gasteiger partial charge in [-0.1, -0.05) is 0 Å².